The van der Waals surface area contributed by atoms with Crippen molar-refractivity contribution in [3.8, 4) is 0 Å². The number of para-hydroxylation sites is 1. The number of carbonyl (C=O) groups excluding carboxylic acids is 1. The van der Waals surface area contributed by atoms with Gasteiger partial charge in [0, 0.05) is 58.4 Å². The van der Waals surface area contributed by atoms with Gasteiger partial charge in [-0.05, 0) is 37.8 Å². The first kappa shape index (κ1) is 23.5. The van der Waals surface area contributed by atoms with Crippen LogP contribution in [0.1, 0.15) is 38.4 Å². The largest absolute Gasteiger partial charge is 0.378 e. The zero-order chi connectivity index (χ0) is 23.3. The number of ether oxygens (including phenoxy) is 2. The lowest BCUT2D eigenvalue weighted by atomic mass is 9.93. The van der Waals surface area contributed by atoms with Gasteiger partial charge in [0.15, 0.2) is 11.4 Å². The second-order valence-electron chi connectivity index (χ2n) is 9.06. The molecule has 2 N–H and O–H groups in total. The summed E-state index contributed by atoms with van der Waals surface area (Å²) < 4.78 is 14.2. The third-order valence-corrected chi connectivity index (χ3v) is 6.79. The summed E-state index contributed by atoms with van der Waals surface area (Å²) in [6, 6.07) is 10.4. The lowest BCUT2D eigenvalue weighted by molar-refractivity contribution is -0.119. The molecule has 9 nitrogen and oxygen atoms in total. The fraction of sp³-hybridized carbons (Fsp3) is 0.625. The monoisotopic (exact) mass is 456 g/mol. The Morgan fingerprint density at radius 1 is 1.27 bits per heavy atom. The van der Waals surface area contributed by atoms with Crippen molar-refractivity contribution >= 4 is 17.5 Å². The van der Waals surface area contributed by atoms with Crippen LogP contribution in [-0.4, -0.2) is 67.2 Å². The van der Waals surface area contributed by atoms with Gasteiger partial charge in [0.05, 0.1) is 13.2 Å². The van der Waals surface area contributed by atoms with Gasteiger partial charge in [-0.1, -0.05) is 18.2 Å². The van der Waals surface area contributed by atoms with E-state index in [2.05, 4.69) is 55.9 Å². The van der Waals surface area contributed by atoms with Gasteiger partial charge in [-0.3, -0.25) is 9.36 Å². The van der Waals surface area contributed by atoms with E-state index in [-0.39, 0.29) is 5.91 Å². The van der Waals surface area contributed by atoms with Crippen LogP contribution in [0.2, 0.25) is 0 Å². The van der Waals surface area contributed by atoms with Gasteiger partial charge in [0.1, 0.15) is 0 Å². The van der Waals surface area contributed by atoms with Crippen LogP contribution in [0.15, 0.2) is 30.3 Å². The fourth-order valence-corrected chi connectivity index (χ4v) is 4.93. The Morgan fingerprint density at radius 3 is 2.67 bits per heavy atom. The third kappa shape index (κ3) is 5.30. The minimum absolute atomic E-state index is 0.220. The van der Waals surface area contributed by atoms with Crippen molar-refractivity contribution in [2.75, 3.05) is 56.3 Å². The van der Waals surface area contributed by atoms with E-state index >= 15 is 0 Å². The summed E-state index contributed by atoms with van der Waals surface area (Å²) in [5.41, 5.74) is 6.03. The summed E-state index contributed by atoms with van der Waals surface area (Å²) in [5.74, 6) is 1.84. The second-order valence-corrected chi connectivity index (χ2v) is 9.06. The summed E-state index contributed by atoms with van der Waals surface area (Å²) in [6.45, 7) is 6.97. The molecule has 33 heavy (non-hydrogen) atoms. The van der Waals surface area contributed by atoms with Crippen LogP contribution in [-0.2, 0) is 26.4 Å². The van der Waals surface area contributed by atoms with Crippen LogP contribution in [0, 0.1) is 5.92 Å². The summed E-state index contributed by atoms with van der Waals surface area (Å²) in [4.78, 5) is 15.9. The molecule has 9 heteroatoms. The number of piperidine rings is 1. The Bertz CT molecular complexity index is 904. The molecule has 0 aliphatic carbocycles. The van der Waals surface area contributed by atoms with Gasteiger partial charge in [0.2, 0.25) is 11.9 Å². The van der Waals surface area contributed by atoms with Crippen LogP contribution in [0.25, 0.3) is 0 Å². The summed E-state index contributed by atoms with van der Waals surface area (Å²) in [5, 5.41) is 9.30. The van der Waals surface area contributed by atoms with Gasteiger partial charge in [-0.2, -0.15) is 0 Å². The Hall–Kier alpha value is -2.65. The van der Waals surface area contributed by atoms with Crippen LogP contribution in [0.3, 0.4) is 0 Å². The number of rotatable bonds is 10. The fourth-order valence-electron chi connectivity index (χ4n) is 4.93. The number of primary amides is 1. The number of anilines is 2. The van der Waals surface area contributed by atoms with Crippen LogP contribution in [0.5, 0.6) is 0 Å². The number of nitrogens with zero attached hydrogens (tertiary/aromatic N) is 5. The van der Waals surface area contributed by atoms with Crippen molar-refractivity contribution < 1.29 is 14.3 Å². The van der Waals surface area contributed by atoms with E-state index in [0.717, 1.165) is 57.2 Å². The number of carbonyl (C=O) groups is 1. The van der Waals surface area contributed by atoms with Gasteiger partial charge in [0.25, 0.3) is 0 Å². The molecule has 2 saturated heterocycles. The number of likely N-dealkylation sites (N-methyl/N-ethyl adjacent to an activating group) is 1. The number of amides is 1. The molecule has 0 saturated carbocycles. The van der Waals surface area contributed by atoms with Crippen molar-refractivity contribution in [2.24, 2.45) is 11.7 Å². The maximum atomic E-state index is 11.3. The van der Waals surface area contributed by atoms with Gasteiger partial charge in [-0.25, -0.2) is 0 Å². The SMILES string of the molecule is CCOC1(c2nnc(N3CCC(CC(N)=O)CC3)n2CCN(C)c2ccccc2)CCOC1. The molecular weight excluding hydrogens is 420 g/mol. The van der Waals surface area contributed by atoms with Gasteiger partial charge < -0.3 is 25.0 Å². The summed E-state index contributed by atoms with van der Waals surface area (Å²) >= 11 is 0. The minimum atomic E-state index is -0.560. The average Bonchev–Trinajstić information content (AvgIpc) is 3.46. The molecule has 2 aliphatic heterocycles. The molecule has 0 radical (unpaired) electrons. The van der Waals surface area contributed by atoms with E-state index in [1.807, 2.05) is 13.0 Å². The van der Waals surface area contributed by atoms with Crippen LogP contribution < -0.4 is 15.5 Å². The van der Waals surface area contributed by atoms with E-state index in [9.17, 15) is 4.79 Å². The number of nitrogens with two attached hydrogens (primary N) is 1. The molecular formula is C24H36N6O3. The van der Waals surface area contributed by atoms with Crippen molar-refractivity contribution in [3.63, 3.8) is 0 Å². The Labute approximate surface area is 195 Å². The smallest absolute Gasteiger partial charge is 0.227 e. The molecule has 3 heterocycles. The predicted octanol–water partition coefficient (Wildman–Crippen LogP) is 2.16. The summed E-state index contributed by atoms with van der Waals surface area (Å²) in [7, 11) is 2.10. The van der Waals surface area contributed by atoms with Crippen molar-refractivity contribution in [1.82, 2.24) is 14.8 Å². The van der Waals surface area contributed by atoms with Crippen molar-refractivity contribution in [2.45, 2.75) is 44.8 Å². The topological polar surface area (TPSA) is 98.7 Å². The molecule has 1 aromatic heterocycles. The first-order valence-corrected chi connectivity index (χ1v) is 12.0. The lowest BCUT2D eigenvalue weighted by Crippen LogP contribution is -2.39. The van der Waals surface area contributed by atoms with E-state index in [0.29, 0.717) is 32.2 Å². The molecule has 1 aromatic carbocycles. The molecule has 0 spiro atoms. The van der Waals surface area contributed by atoms with Gasteiger partial charge in [-0.15, -0.1) is 10.2 Å². The summed E-state index contributed by atoms with van der Waals surface area (Å²) in [6.07, 6.45) is 3.08. The molecule has 1 unspecified atom stereocenters. The molecule has 1 amide bonds. The number of aromatic nitrogens is 3. The zero-order valence-electron chi connectivity index (χ0n) is 19.8. The number of hydrogen-bond acceptors (Lipinski definition) is 7. The highest BCUT2D eigenvalue weighted by atomic mass is 16.6. The standard InChI is InChI=1S/C24H36N6O3/c1-3-33-24(11-16-32-18-24)22-26-27-23(29-12-9-19(10-13-29)17-21(25)31)30(22)15-14-28(2)20-7-5-4-6-8-20/h4-8,19H,3,9-18H2,1-2H3,(H2,25,31). The highest BCUT2D eigenvalue weighted by Crippen LogP contribution is 2.36. The molecule has 1 atom stereocenters. The molecule has 2 aliphatic rings. The Morgan fingerprint density at radius 2 is 2.03 bits per heavy atom. The van der Waals surface area contributed by atoms with E-state index in [1.165, 1.54) is 5.69 Å². The van der Waals surface area contributed by atoms with Crippen molar-refractivity contribution in [1.29, 1.82) is 0 Å². The first-order valence-electron chi connectivity index (χ1n) is 12.0. The average molecular weight is 457 g/mol. The normalized spacial score (nSPS) is 21.5. The highest BCUT2D eigenvalue weighted by Gasteiger charge is 2.43. The molecule has 4 rings (SSSR count). The molecule has 0 bridgehead atoms. The maximum absolute atomic E-state index is 11.3. The van der Waals surface area contributed by atoms with E-state index < -0.39 is 5.60 Å². The van der Waals surface area contributed by atoms with Crippen molar-refractivity contribution in [3.05, 3.63) is 36.2 Å². The zero-order valence-corrected chi connectivity index (χ0v) is 19.8. The van der Waals surface area contributed by atoms with E-state index in [1.54, 1.807) is 0 Å². The van der Waals surface area contributed by atoms with Crippen LogP contribution in [0.4, 0.5) is 11.6 Å². The lowest BCUT2D eigenvalue weighted by Gasteiger charge is -2.34. The highest BCUT2D eigenvalue weighted by molar-refractivity contribution is 5.74. The second kappa shape index (κ2) is 10.5. The predicted molar refractivity (Wildman–Crippen MR) is 127 cm³/mol. The number of hydrogen-bond donors (Lipinski definition) is 1. The number of benzene rings is 1. The van der Waals surface area contributed by atoms with Gasteiger partial charge >= 0.3 is 0 Å². The Kier molecular flexibility index (Phi) is 7.49. The molecule has 2 aromatic rings. The molecule has 2 fully saturated rings. The maximum Gasteiger partial charge on any atom is 0.227 e. The minimum Gasteiger partial charge on any atom is -0.378 e. The van der Waals surface area contributed by atoms with E-state index in [4.69, 9.17) is 15.2 Å². The molecule has 180 valence electrons. The third-order valence-electron chi connectivity index (χ3n) is 6.79. The quantitative estimate of drug-likeness (QED) is 0.585. The van der Waals surface area contributed by atoms with Crippen LogP contribution >= 0.6 is 0 Å². The first-order chi connectivity index (χ1) is 16.0. The Balaban J connectivity index is 1.57.